The molecule has 2 N–H and O–H groups in total. The Bertz CT molecular complexity index is 1270. The highest BCUT2D eigenvalue weighted by Crippen LogP contribution is 2.35. The van der Waals surface area contributed by atoms with Crippen LogP contribution in [0.5, 0.6) is 0 Å². The molecule has 166 valence electrons. The van der Waals surface area contributed by atoms with Gasteiger partial charge in [-0.25, -0.2) is 4.98 Å². The third kappa shape index (κ3) is 4.67. The zero-order chi connectivity index (χ0) is 22.8. The monoisotopic (exact) mass is 447 g/mol. The lowest BCUT2D eigenvalue weighted by molar-refractivity contribution is 0.111. The van der Waals surface area contributed by atoms with Crippen molar-refractivity contribution < 1.29 is 5.11 Å². The molecule has 0 bridgehead atoms. The number of fused-ring (bicyclic) bond motifs is 1. The van der Waals surface area contributed by atoms with Gasteiger partial charge >= 0.3 is 0 Å². The predicted molar refractivity (Wildman–Crippen MR) is 132 cm³/mol. The summed E-state index contributed by atoms with van der Waals surface area (Å²) in [5, 5.41) is 11.3. The van der Waals surface area contributed by atoms with Crippen LogP contribution >= 0.6 is 11.3 Å². The molecule has 0 fully saturated rings. The van der Waals surface area contributed by atoms with Gasteiger partial charge in [0.05, 0.1) is 18.0 Å². The van der Waals surface area contributed by atoms with Crippen LogP contribution in [-0.2, 0) is 6.54 Å². The Morgan fingerprint density at radius 1 is 1.03 bits per heavy atom. The molecule has 4 aromatic rings. The summed E-state index contributed by atoms with van der Waals surface area (Å²) in [6.45, 7) is 9.85. The summed E-state index contributed by atoms with van der Waals surface area (Å²) in [5.41, 5.74) is 5.14. The zero-order valence-electron chi connectivity index (χ0n) is 19.0. The minimum atomic E-state index is -0.594. The van der Waals surface area contributed by atoms with Crippen LogP contribution in [0.1, 0.15) is 40.4 Å². The molecule has 0 aliphatic rings. The molecular formula is C26H29N3O2S. The van der Waals surface area contributed by atoms with Gasteiger partial charge in [-0.1, -0.05) is 66.6 Å². The molecule has 0 saturated heterocycles. The van der Waals surface area contributed by atoms with Crippen LogP contribution < -0.4 is 5.56 Å². The van der Waals surface area contributed by atoms with E-state index in [2.05, 4.69) is 41.1 Å². The van der Waals surface area contributed by atoms with E-state index in [-0.39, 0.29) is 5.56 Å². The zero-order valence-corrected chi connectivity index (χ0v) is 19.8. The highest BCUT2D eigenvalue weighted by Gasteiger charge is 2.18. The number of aromatic nitrogens is 2. The van der Waals surface area contributed by atoms with Crippen LogP contribution in [0, 0.1) is 20.8 Å². The summed E-state index contributed by atoms with van der Waals surface area (Å²) in [7, 11) is 0. The van der Waals surface area contributed by atoms with Gasteiger partial charge in [-0.3, -0.25) is 9.69 Å². The van der Waals surface area contributed by atoms with Gasteiger partial charge in [-0.05, 0) is 38.4 Å². The smallest absolute Gasteiger partial charge is 0.260 e. The van der Waals surface area contributed by atoms with E-state index in [0.29, 0.717) is 24.3 Å². The average molecular weight is 448 g/mol. The molecule has 0 unspecified atom stereocenters. The fraction of sp³-hybridized carbons (Fsp3) is 0.308. The lowest BCUT2D eigenvalue weighted by Gasteiger charge is -2.23. The molecule has 1 atom stereocenters. The summed E-state index contributed by atoms with van der Waals surface area (Å²) in [6, 6.07) is 16.2. The number of hydrogen-bond donors (Lipinski definition) is 2. The van der Waals surface area contributed by atoms with Crippen LogP contribution in [0.15, 0.2) is 53.3 Å². The van der Waals surface area contributed by atoms with E-state index in [1.807, 2.05) is 45.0 Å². The molecule has 2 aromatic heterocycles. The number of aromatic amines is 1. The summed E-state index contributed by atoms with van der Waals surface area (Å²) in [5.74, 6) is 0.622. The number of nitrogens with one attached hydrogen (secondary N) is 1. The Kier molecular flexibility index (Phi) is 6.55. The van der Waals surface area contributed by atoms with Gasteiger partial charge in [0.1, 0.15) is 10.7 Å². The number of aliphatic hydroxyl groups is 1. The fourth-order valence-corrected chi connectivity index (χ4v) is 5.03. The molecule has 5 nitrogen and oxygen atoms in total. The van der Waals surface area contributed by atoms with E-state index < -0.39 is 6.10 Å². The molecule has 0 saturated carbocycles. The molecule has 6 heteroatoms. The van der Waals surface area contributed by atoms with E-state index in [1.165, 1.54) is 11.1 Å². The Labute approximate surface area is 192 Å². The molecule has 2 aromatic carbocycles. The van der Waals surface area contributed by atoms with Gasteiger partial charge in [0.2, 0.25) is 0 Å². The van der Waals surface area contributed by atoms with Crippen molar-refractivity contribution in [3.63, 3.8) is 0 Å². The van der Waals surface area contributed by atoms with Crippen LogP contribution in [0.25, 0.3) is 21.3 Å². The normalized spacial score (nSPS) is 12.6. The molecular weight excluding hydrogens is 418 g/mol. The van der Waals surface area contributed by atoms with Crippen LogP contribution in [0.3, 0.4) is 0 Å². The second-order valence-electron chi connectivity index (χ2n) is 8.35. The molecule has 0 amide bonds. The highest BCUT2D eigenvalue weighted by molar-refractivity contribution is 7.19. The van der Waals surface area contributed by atoms with Crippen molar-refractivity contribution in [3.8, 4) is 11.1 Å². The maximum absolute atomic E-state index is 13.1. The first-order valence-corrected chi connectivity index (χ1v) is 11.7. The van der Waals surface area contributed by atoms with Gasteiger partial charge in [-0.2, -0.15) is 0 Å². The molecule has 0 radical (unpaired) electrons. The van der Waals surface area contributed by atoms with Gasteiger partial charge in [0.15, 0.2) is 0 Å². The number of benzene rings is 2. The first kappa shape index (κ1) is 22.4. The van der Waals surface area contributed by atoms with E-state index in [9.17, 15) is 9.90 Å². The first-order valence-electron chi connectivity index (χ1n) is 10.9. The minimum Gasteiger partial charge on any atom is -0.387 e. The molecule has 0 aliphatic carbocycles. The quantitative estimate of drug-likeness (QED) is 0.412. The Morgan fingerprint density at radius 2 is 1.66 bits per heavy atom. The summed E-state index contributed by atoms with van der Waals surface area (Å²) in [4.78, 5) is 24.8. The third-order valence-corrected chi connectivity index (χ3v) is 6.84. The maximum atomic E-state index is 13.1. The maximum Gasteiger partial charge on any atom is 0.260 e. The summed E-state index contributed by atoms with van der Waals surface area (Å²) >= 11 is 1.55. The first-order chi connectivity index (χ1) is 15.4. The van der Waals surface area contributed by atoms with E-state index in [0.717, 1.165) is 32.9 Å². The minimum absolute atomic E-state index is 0.111. The van der Waals surface area contributed by atoms with E-state index >= 15 is 0 Å². The van der Waals surface area contributed by atoms with Crippen molar-refractivity contribution in [3.05, 3.63) is 86.3 Å². The topological polar surface area (TPSA) is 69.2 Å². The SMILES string of the molecule is CCN(Cc1nc2sc(C)c(-c3ccc(C)cc3)c2c(=O)[nH]1)C[C@@H](O)c1ccc(C)cc1. The Balaban J connectivity index is 1.60. The van der Waals surface area contributed by atoms with Crippen molar-refractivity contribution in [2.24, 2.45) is 0 Å². The lowest BCUT2D eigenvalue weighted by atomic mass is 10.0. The lowest BCUT2D eigenvalue weighted by Crippen LogP contribution is -2.30. The van der Waals surface area contributed by atoms with Gasteiger partial charge in [-0.15, -0.1) is 11.3 Å². The fourth-order valence-electron chi connectivity index (χ4n) is 3.96. The molecule has 0 spiro atoms. The van der Waals surface area contributed by atoms with E-state index in [1.54, 1.807) is 11.3 Å². The van der Waals surface area contributed by atoms with Crippen LogP contribution in [0.4, 0.5) is 0 Å². The number of H-pyrrole nitrogens is 1. The standard InChI is InChI=1S/C26H29N3O2S/c1-5-29(14-21(30)19-10-6-16(2)7-11-19)15-22-27-25(31)24-23(18(4)32-26(24)28-22)20-12-8-17(3)9-13-20/h6-13,21,30H,5,14-15H2,1-4H3,(H,27,28,31)/t21-/m1/s1. The van der Waals surface area contributed by atoms with Crippen molar-refractivity contribution in [2.45, 2.75) is 40.3 Å². The number of rotatable bonds is 7. The van der Waals surface area contributed by atoms with Gasteiger partial charge in [0.25, 0.3) is 5.56 Å². The molecule has 4 rings (SSSR count). The number of aliphatic hydroxyl groups excluding tert-OH is 1. The summed E-state index contributed by atoms with van der Waals surface area (Å²) in [6.07, 6.45) is -0.594. The van der Waals surface area contributed by atoms with Crippen molar-refractivity contribution in [1.29, 1.82) is 0 Å². The number of nitrogens with zero attached hydrogens (tertiary/aromatic N) is 2. The Morgan fingerprint density at radius 3 is 2.28 bits per heavy atom. The van der Waals surface area contributed by atoms with Crippen LogP contribution in [0.2, 0.25) is 0 Å². The van der Waals surface area contributed by atoms with Crippen LogP contribution in [-0.4, -0.2) is 33.1 Å². The number of hydrogen-bond acceptors (Lipinski definition) is 5. The number of thiophene rings is 1. The van der Waals surface area contributed by atoms with Crippen molar-refractivity contribution >= 4 is 21.6 Å². The van der Waals surface area contributed by atoms with Crippen molar-refractivity contribution in [2.75, 3.05) is 13.1 Å². The largest absolute Gasteiger partial charge is 0.387 e. The number of aryl methyl sites for hydroxylation is 3. The van der Waals surface area contributed by atoms with Gasteiger partial charge in [0, 0.05) is 17.0 Å². The predicted octanol–water partition coefficient (Wildman–Crippen LogP) is 5.13. The number of likely N-dealkylation sites (N-methyl/N-ethyl adjacent to an activating group) is 1. The van der Waals surface area contributed by atoms with Gasteiger partial charge < -0.3 is 10.1 Å². The third-order valence-electron chi connectivity index (χ3n) is 5.84. The summed E-state index contributed by atoms with van der Waals surface area (Å²) < 4.78 is 0. The van der Waals surface area contributed by atoms with E-state index in [4.69, 9.17) is 4.98 Å². The van der Waals surface area contributed by atoms with Crippen molar-refractivity contribution in [1.82, 2.24) is 14.9 Å². The second-order valence-corrected chi connectivity index (χ2v) is 9.55. The Hall–Kier alpha value is -2.80. The molecule has 0 aliphatic heterocycles. The highest BCUT2D eigenvalue weighted by atomic mass is 32.1. The average Bonchev–Trinajstić information content (AvgIpc) is 3.10. The molecule has 32 heavy (non-hydrogen) atoms. The second kappa shape index (κ2) is 9.36. The molecule has 2 heterocycles.